The van der Waals surface area contributed by atoms with Crippen LogP contribution in [0.15, 0.2) is 30.5 Å². The maximum atomic E-state index is 11.1. The van der Waals surface area contributed by atoms with Gasteiger partial charge in [0.15, 0.2) is 6.61 Å². The monoisotopic (exact) mass is 219 g/mol. The summed E-state index contributed by atoms with van der Waals surface area (Å²) in [7, 11) is 0. The van der Waals surface area contributed by atoms with Crippen LogP contribution in [0, 0.1) is 0 Å². The van der Waals surface area contributed by atoms with Gasteiger partial charge in [-0.2, -0.15) is 0 Å². The first-order valence-corrected chi connectivity index (χ1v) is 5.16. The van der Waals surface area contributed by atoms with Crippen LogP contribution < -0.4 is 4.74 Å². The summed E-state index contributed by atoms with van der Waals surface area (Å²) in [6.07, 6.45) is 1.84. The zero-order chi connectivity index (χ0) is 11.4. The average Bonchev–Trinajstić information content (AvgIpc) is 2.75. The summed E-state index contributed by atoms with van der Waals surface area (Å²) in [6, 6.07) is 7.57. The van der Waals surface area contributed by atoms with Gasteiger partial charge in [-0.25, -0.2) is 4.79 Å². The molecule has 16 heavy (non-hydrogen) atoms. The molecular formula is C12H13NO3. The van der Waals surface area contributed by atoms with Crippen LogP contribution in [0.2, 0.25) is 0 Å². The number of esters is 1. The minimum absolute atomic E-state index is 0.0574. The van der Waals surface area contributed by atoms with Crippen LogP contribution in [0.3, 0.4) is 0 Å². The van der Waals surface area contributed by atoms with Crippen molar-refractivity contribution in [2.75, 3.05) is 13.2 Å². The third-order valence-corrected chi connectivity index (χ3v) is 2.21. The molecule has 2 rings (SSSR count). The van der Waals surface area contributed by atoms with Gasteiger partial charge < -0.3 is 14.5 Å². The van der Waals surface area contributed by atoms with E-state index in [1.165, 1.54) is 0 Å². The van der Waals surface area contributed by atoms with Crippen molar-refractivity contribution >= 4 is 16.9 Å². The molecule has 1 aromatic heterocycles. The summed E-state index contributed by atoms with van der Waals surface area (Å²) in [4.78, 5) is 14.2. The normalized spacial score (nSPS) is 10.3. The molecule has 1 heterocycles. The van der Waals surface area contributed by atoms with Crippen LogP contribution >= 0.6 is 0 Å². The number of benzene rings is 1. The molecule has 4 heteroatoms. The Morgan fingerprint density at radius 2 is 2.25 bits per heavy atom. The van der Waals surface area contributed by atoms with E-state index in [4.69, 9.17) is 9.47 Å². The third-order valence-electron chi connectivity index (χ3n) is 2.21. The first-order valence-electron chi connectivity index (χ1n) is 5.16. The highest BCUT2D eigenvalue weighted by atomic mass is 16.6. The lowest BCUT2D eigenvalue weighted by molar-refractivity contribution is -0.145. The van der Waals surface area contributed by atoms with Gasteiger partial charge in [0.25, 0.3) is 0 Å². The predicted molar refractivity (Wildman–Crippen MR) is 60.4 cm³/mol. The van der Waals surface area contributed by atoms with Crippen molar-refractivity contribution in [2.45, 2.75) is 6.92 Å². The van der Waals surface area contributed by atoms with E-state index in [0.29, 0.717) is 12.4 Å². The second-order valence-electron chi connectivity index (χ2n) is 3.29. The van der Waals surface area contributed by atoms with Gasteiger partial charge in [-0.1, -0.05) is 6.07 Å². The fraction of sp³-hybridized carbons (Fsp3) is 0.250. The van der Waals surface area contributed by atoms with E-state index >= 15 is 0 Å². The molecule has 0 unspecified atom stereocenters. The molecule has 0 aliphatic rings. The number of aromatic nitrogens is 1. The highest BCUT2D eigenvalue weighted by molar-refractivity contribution is 5.86. The molecule has 0 aliphatic heterocycles. The van der Waals surface area contributed by atoms with E-state index in [-0.39, 0.29) is 12.6 Å². The standard InChI is InChI=1S/C12H13NO3/c1-2-15-12(14)8-16-11-5-3-4-10-9(11)6-7-13-10/h3-7,13H,2,8H2,1H3. The first-order chi connectivity index (χ1) is 7.81. The van der Waals surface area contributed by atoms with Crippen LogP contribution in [0.4, 0.5) is 0 Å². The lowest BCUT2D eigenvalue weighted by Crippen LogP contribution is -2.14. The van der Waals surface area contributed by atoms with Gasteiger partial charge >= 0.3 is 5.97 Å². The SMILES string of the molecule is CCOC(=O)COc1cccc2[nH]ccc12. The Hall–Kier alpha value is -1.97. The number of rotatable bonds is 4. The molecule has 0 saturated heterocycles. The van der Waals surface area contributed by atoms with Crippen LogP contribution in [-0.4, -0.2) is 24.2 Å². The van der Waals surface area contributed by atoms with E-state index in [9.17, 15) is 4.79 Å². The molecule has 2 aromatic rings. The van der Waals surface area contributed by atoms with E-state index < -0.39 is 0 Å². The minimum atomic E-state index is -0.352. The lowest BCUT2D eigenvalue weighted by Gasteiger charge is -2.06. The largest absolute Gasteiger partial charge is 0.481 e. The average molecular weight is 219 g/mol. The maximum absolute atomic E-state index is 11.1. The zero-order valence-corrected chi connectivity index (χ0v) is 9.03. The summed E-state index contributed by atoms with van der Waals surface area (Å²) in [6.45, 7) is 2.08. The molecule has 0 aliphatic carbocycles. The fourth-order valence-electron chi connectivity index (χ4n) is 1.52. The molecule has 1 N–H and O–H groups in total. The minimum Gasteiger partial charge on any atom is -0.481 e. The summed E-state index contributed by atoms with van der Waals surface area (Å²) in [5.41, 5.74) is 0.987. The van der Waals surface area contributed by atoms with Gasteiger partial charge in [0.1, 0.15) is 5.75 Å². The summed E-state index contributed by atoms with van der Waals surface area (Å²) in [5, 5.41) is 0.965. The molecule has 1 aromatic carbocycles. The smallest absolute Gasteiger partial charge is 0.344 e. The first kappa shape index (κ1) is 10.5. The number of fused-ring (bicyclic) bond motifs is 1. The van der Waals surface area contributed by atoms with Gasteiger partial charge in [0.2, 0.25) is 0 Å². The predicted octanol–water partition coefficient (Wildman–Crippen LogP) is 2.11. The Morgan fingerprint density at radius 1 is 1.38 bits per heavy atom. The van der Waals surface area contributed by atoms with E-state index in [1.807, 2.05) is 30.5 Å². The molecule has 0 spiro atoms. The van der Waals surface area contributed by atoms with E-state index in [0.717, 1.165) is 10.9 Å². The molecule has 0 fully saturated rings. The van der Waals surface area contributed by atoms with Crippen molar-refractivity contribution in [1.82, 2.24) is 4.98 Å². The lowest BCUT2D eigenvalue weighted by atomic mass is 10.2. The summed E-state index contributed by atoms with van der Waals surface area (Å²) < 4.78 is 10.2. The molecule has 0 atom stereocenters. The van der Waals surface area contributed by atoms with Gasteiger partial charge in [-0.15, -0.1) is 0 Å². The summed E-state index contributed by atoms with van der Waals surface area (Å²) >= 11 is 0. The topological polar surface area (TPSA) is 51.3 Å². The van der Waals surface area contributed by atoms with Crippen molar-refractivity contribution in [2.24, 2.45) is 0 Å². The number of ether oxygens (including phenoxy) is 2. The van der Waals surface area contributed by atoms with Crippen LogP contribution in [-0.2, 0) is 9.53 Å². The highest BCUT2D eigenvalue weighted by Gasteiger charge is 2.06. The number of nitrogens with one attached hydrogen (secondary N) is 1. The molecular weight excluding hydrogens is 206 g/mol. The van der Waals surface area contributed by atoms with Crippen LogP contribution in [0.5, 0.6) is 5.75 Å². The molecule has 0 bridgehead atoms. The zero-order valence-electron chi connectivity index (χ0n) is 9.03. The molecule has 4 nitrogen and oxygen atoms in total. The van der Waals surface area contributed by atoms with Crippen molar-refractivity contribution in [3.63, 3.8) is 0 Å². The Morgan fingerprint density at radius 3 is 3.06 bits per heavy atom. The molecule has 0 radical (unpaired) electrons. The van der Waals surface area contributed by atoms with Gasteiger partial charge in [-0.3, -0.25) is 0 Å². The second kappa shape index (κ2) is 4.70. The van der Waals surface area contributed by atoms with E-state index in [2.05, 4.69) is 4.98 Å². The van der Waals surface area contributed by atoms with Crippen LogP contribution in [0.25, 0.3) is 10.9 Å². The number of hydrogen-bond donors (Lipinski definition) is 1. The number of hydrogen-bond acceptors (Lipinski definition) is 3. The van der Waals surface area contributed by atoms with Crippen molar-refractivity contribution < 1.29 is 14.3 Å². The third kappa shape index (κ3) is 2.16. The summed E-state index contributed by atoms with van der Waals surface area (Å²) in [5.74, 6) is 0.335. The molecule has 0 amide bonds. The second-order valence-corrected chi connectivity index (χ2v) is 3.29. The van der Waals surface area contributed by atoms with Crippen molar-refractivity contribution in [1.29, 1.82) is 0 Å². The van der Waals surface area contributed by atoms with Gasteiger partial charge in [-0.05, 0) is 25.1 Å². The van der Waals surface area contributed by atoms with E-state index in [1.54, 1.807) is 6.92 Å². The van der Waals surface area contributed by atoms with Crippen molar-refractivity contribution in [3.05, 3.63) is 30.5 Å². The number of carbonyl (C=O) groups is 1. The Balaban J connectivity index is 2.09. The quantitative estimate of drug-likeness (QED) is 0.801. The Labute approximate surface area is 93.2 Å². The van der Waals surface area contributed by atoms with Gasteiger partial charge in [0, 0.05) is 17.1 Å². The fourth-order valence-corrected chi connectivity index (χ4v) is 1.52. The highest BCUT2D eigenvalue weighted by Crippen LogP contribution is 2.24. The van der Waals surface area contributed by atoms with Crippen LogP contribution in [0.1, 0.15) is 6.92 Å². The van der Waals surface area contributed by atoms with Gasteiger partial charge in [0.05, 0.1) is 6.61 Å². The Bertz CT molecular complexity index is 490. The Kier molecular flexibility index (Phi) is 3.10. The molecule has 0 saturated carbocycles. The number of aromatic amines is 1. The molecule has 84 valence electrons. The number of carbonyl (C=O) groups excluding carboxylic acids is 1. The van der Waals surface area contributed by atoms with Crippen molar-refractivity contribution in [3.8, 4) is 5.75 Å². The number of H-pyrrole nitrogens is 1. The maximum Gasteiger partial charge on any atom is 0.344 e.